The fourth-order valence-corrected chi connectivity index (χ4v) is 5.41. The lowest BCUT2D eigenvalue weighted by Gasteiger charge is -2.35. The number of hydrogen-bond acceptors (Lipinski definition) is 5. The zero-order valence-corrected chi connectivity index (χ0v) is 18.9. The lowest BCUT2D eigenvalue weighted by atomic mass is 9.79. The van der Waals surface area contributed by atoms with Gasteiger partial charge in [0.1, 0.15) is 5.82 Å². The lowest BCUT2D eigenvalue weighted by Crippen LogP contribution is -2.45. The second-order valence-corrected chi connectivity index (χ2v) is 9.79. The summed E-state index contributed by atoms with van der Waals surface area (Å²) in [5.41, 5.74) is 0.282. The molecule has 7 heteroatoms. The van der Waals surface area contributed by atoms with E-state index in [0.29, 0.717) is 40.6 Å². The third kappa shape index (κ3) is 4.97. The maximum Gasteiger partial charge on any atom is 0.253 e. The molecule has 1 saturated heterocycles. The molecule has 168 valence electrons. The van der Waals surface area contributed by atoms with Gasteiger partial charge in [-0.2, -0.15) is 0 Å². The largest absolute Gasteiger partial charge is 0.396 e. The van der Waals surface area contributed by atoms with Crippen LogP contribution in [0.2, 0.25) is 5.02 Å². The highest BCUT2D eigenvalue weighted by Crippen LogP contribution is 2.33. The molecule has 2 fully saturated rings. The smallest absolute Gasteiger partial charge is 0.253 e. The van der Waals surface area contributed by atoms with Crippen molar-refractivity contribution in [3.8, 4) is 0 Å². The predicted molar refractivity (Wildman–Crippen MR) is 124 cm³/mol. The highest BCUT2D eigenvalue weighted by Gasteiger charge is 2.33. The van der Waals surface area contributed by atoms with Gasteiger partial charge in [0.25, 0.3) is 5.91 Å². The summed E-state index contributed by atoms with van der Waals surface area (Å²) in [6.07, 6.45) is 5.38. The molecule has 2 aromatic rings. The number of hydrogen-bond donors (Lipinski definition) is 3. The summed E-state index contributed by atoms with van der Waals surface area (Å²) in [5.74, 6) is 1.55. The first-order valence-corrected chi connectivity index (χ1v) is 11.7. The fourth-order valence-electron chi connectivity index (χ4n) is 5.16. The summed E-state index contributed by atoms with van der Waals surface area (Å²) < 4.78 is 0. The van der Waals surface area contributed by atoms with Crippen LogP contribution in [0, 0.1) is 11.8 Å². The van der Waals surface area contributed by atoms with Crippen LogP contribution in [0.15, 0.2) is 24.3 Å². The summed E-state index contributed by atoms with van der Waals surface area (Å²) >= 11 is 6.41. The number of carbonyl (C=O) groups excluding carboxylic acids is 1. The maximum absolute atomic E-state index is 13.0. The minimum absolute atomic E-state index is 0.217. The number of nitrogens with one attached hydrogen (secondary N) is 1. The normalized spacial score (nSPS) is 26.4. The number of aliphatic hydroxyl groups excluding tert-OH is 1. The molecular weight excluding hydrogens is 414 g/mol. The number of benzene rings is 1. The molecule has 1 aromatic carbocycles. The number of pyridine rings is 1. The highest BCUT2D eigenvalue weighted by atomic mass is 35.5. The summed E-state index contributed by atoms with van der Waals surface area (Å²) in [6, 6.07) is 7.41. The number of amides is 1. The maximum atomic E-state index is 13.0. The van der Waals surface area contributed by atoms with Gasteiger partial charge in [0.2, 0.25) is 0 Å². The number of rotatable bonds is 6. The molecular formula is C24H32ClN3O3. The van der Waals surface area contributed by atoms with Crippen LogP contribution in [0.5, 0.6) is 0 Å². The Labute approximate surface area is 188 Å². The predicted octanol–water partition coefficient (Wildman–Crippen LogP) is 3.77. The van der Waals surface area contributed by atoms with Gasteiger partial charge in [-0.05, 0) is 61.8 Å². The van der Waals surface area contributed by atoms with Gasteiger partial charge in [-0.1, -0.05) is 31.4 Å². The standard InChI is InChI=1S/C24H32ClN3O3/c1-16-3-2-10-24(31,13-16)15-26-23(30)22-18-4-7-21(27-20(18)6-5-19(22)25)28-11-8-17(14-28)9-12-29/h4-7,16-17,29,31H,2-3,8-15H2,1H3,(H,26,30)/t16-,17?,24-/m1/s1. The summed E-state index contributed by atoms with van der Waals surface area (Å²) in [6.45, 7) is 4.39. The number of nitrogens with zero attached hydrogens (tertiary/aromatic N) is 2. The van der Waals surface area contributed by atoms with Gasteiger partial charge in [-0.15, -0.1) is 0 Å². The van der Waals surface area contributed by atoms with E-state index < -0.39 is 5.60 Å². The molecule has 3 N–H and O–H groups in total. The fraction of sp³-hybridized carbons (Fsp3) is 0.583. The van der Waals surface area contributed by atoms with Crippen LogP contribution in [0.3, 0.4) is 0 Å². The molecule has 6 nitrogen and oxygen atoms in total. The van der Waals surface area contributed by atoms with Crippen LogP contribution >= 0.6 is 11.6 Å². The van der Waals surface area contributed by atoms with Crippen molar-refractivity contribution in [2.45, 2.75) is 51.0 Å². The van der Waals surface area contributed by atoms with Crippen molar-refractivity contribution >= 4 is 34.2 Å². The molecule has 1 aromatic heterocycles. The third-order valence-electron chi connectivity index (χ3n) is 6.83. The van der Waals surface area contributed by atoms with Crippen LogP contribution in [0.1, 0.15) is 55.8 Å². The van der Waals surface area contributed by atoms with Crippen LogP contribution in [0.4, 0.5) is 5.82 Å². The Kier molecular flexibility index (Phi) is 6.70. The van der Waals surface area contributed by atoms with Crippen molar-refractivity contribution in [3.05, 3.63) is 34.9 Å². The molecule has 1 unspecified atom stereocenters. The molecule has 0 bridgehead atoms. The molecule has 1 amide bonds. The van der Waals surface area contributed by atoms with Crippen molar-refractivity contribution in [2.75, 3.05) is 31.1 Å². The second kappa shape index (κ2) is 9.31. The van der Waals surface area contributed by atoms with Crippen molar-refractivity contribution in [3.63, 3.8) is 0 Å². The molecule has 1 aliphatic carbocycles. The van der Waals surface area contributed by atoms with Crippen molar-refractivity contribution < 1.29 is 15.0 Å². The monoisotopic (exact) mass is 445 g/mol. The van der Waals surface area contributed by atoms with E-state index in [0.717, 1.165) is 50.1 Å². The Hall–Kier alpha value is -1.89. The van der Waals surface area contributed by atoms with E-state index in [2.05, 4.69) is 17.1 Å². The lowest BCUT2D eigenvalue weighted by molar-refractivity contribution is -0.0109. The zero-order valence-electron chi connectivity index (χ0n) is 18.1. The Bertz CT molecular complexity index is 953. The number of halogens is 1. The van der Waals surface area contributed by atoms with Crippen molar-refractivity contribution in [2.24, 2.45) is 11.8 Å². The van der Waals surface area contributed by atoms with Gasteiger partial charge in [-0.25, -0.2) is 4.98 Å². The number of aromatic nitrogens is 1. The molecule has 1 aliphatic heterocycles. The Morgan fingerprint density at radius 2 is 2.16 bits per heavy atom. The first kappa shape index (κ1) is 22.3. The summed E-state index contributed by atoms with van der Waals surface area (Å²) in [4.78, 5) is 20.0. The van der Waals surface area contributed by atoms with Crippen molar-refractivity contribution in [1.82, 2.24) is 10.3 Å². The SMILES string of the molecule is C[C@@H]1CCC[C@](O)(CNC(=O)c2c(Cl)ccc3nc(N4CCC(CCO)C4)ccc23)C1. The molecule has 1 saturated carbocycles. The van der Waals surface area contributed by atoms with E-state index in [1.165, 1.54) is 0 Å². The number of anilines is 1. The van der Waals surface area contributed by atoms with Gasteiger partial charge in [0, 0.05) is 31.6 Å². The van der Waals surface area contributed by atoms with Gasteiger partial charge in [0.15, 0.2) is 0 Å². The molecule has 3 atom stereocenters. The van der Waals surface area contributed by atoms with E-state index in [-0.39, 0.29) is 19.1 Å². The average Bonchev–Trinajstić information content (AvgIpc) is 3.20. The van der Waals surface area contributed by atoms with Crippen molar-refractivity contribution in [1.29, 1.82) is 0 Å². The van der Waals surface area contributed by atoms with E-state index >= 15 is 0 Å². The van der Waals surface area contributed by atoms with Crippen LogP contribution in [-0.2, 0) is 0 Å². The topological polar surface area (TPSA) is 85.7 Å². The first-order valence-electron chi connectivity index (χ1n) is 11.3. The Morgan fingerprint density at radius 1 is 1.32 bits per heavy atom. The minimum Gasteiger partial charge on any atom is -0.396 e. The average molecular weight is 446 g/mol. The van der Waals surface area contributed by atoms with Gasteiger partial charge in [0.05, 0.1) is 21.7 Å². The highest BCUT2D eigenvalue weighted by molar-refractivity contribution is 6.35. The van der Waals surface area contributed by atoms with Gasteiger partial charge < -0.3 is 20.4 Å². The molecule has 0 spiro atoms. The van der Waals surface area contributed by atoms with E-state index in [4.69, 9.17) is 16.6 Å². The Morgan fingerprint density at radius 3 is 2.94 bits per heavy atom. The van der Waals surface area contributed by atoms with Gasteiger partial charge in [-0.3, -0.25) is 4.79 Å². The van der Waals surface area contributed by atoms with Crippen LogP contribution in [0.25, 0.3) is 10.9 Å². The molecule has 4 rings (SSSR count). The number of fused-ring (bicyclic) bond motifs is 1. The van der Waals surface area contributed by atoms with Crippen LogP contribution in [-0.4, -0.2) is 52.9 Å². The Balaban J connectivity index is 1.52. The molecule has 2 heterocycles. The number of carbonyl (C=O) groups is 1. The molecule has 0 radical (unpaired) electrons. The third-order valence-corrected chi connectivity index (χ3v) is 7.14. The quantitative estimate of drug-likeness (QED) is 0.630. The number of aliphatic hydroxyl groups is 2. The zero-order chi connectivity index (χ0) is 22.0. The van der Waals surface area contributed by atoms with E-state index in [1.807, 2.05) is 18.2 Å². The van der Waals surface area contributed by atoms with Gasteiger partial charge >= 0.3 is 0 Å². The first-order chi connectivity index (χ1) is 14.9. The van der Waals surface area contributed by atoms with E-state index in [9.17, 15) is 15.0 Å². The van der Waals surface area contributed by atoms with E-state index in [1.54, 1.807) is 6.07 Å². The molecule has 31 heavy (non-hydrogen) atoms. The molecule has 2 aliphatic rings. The minimum atomic E-state index is -0.851. The second-order valence-electron chi connectivity index (χ2n) is 9.38. The van der Waals surface area contributed by atoms with Crippen LogP contribution < -0.4 is 10.2 Å². The summed E-state index contributed by atoms with van der Waals surface area (Å²) in [7, 11) is 0. The summed E-state index contributed by atoms with van der Waals surface area (Å²) in [5, 5.41) is 24.1.